The predicted octanol–water partition coefficient (Wildman–Crippen LogP) is -0.607. The van der Waals surface area contributed by atoms with Crippen molar-refractivity contribution in [2.45, 2.75) is 0 Å². The Morgan fingerprint density at radius 3 is 1.50 bits per heavy atom. The monoisotopic (exact) mass is 138 g/mol. The fraction of sp³-hybridized carbons (Fsp3) is 0. The predicted molar refractivity (Wildman–Crippen MR) is 21.1 cm³/mol. The van der Waals surface area contributed by atoms with Gasteiger partial charge in [-0.2, -0.15) is 9.59 Å². The summed E-state index contributed by atoms with van der Waals surface area (Å²) in [5.41, 5.74) is 0. The molecule has 0 heterocycles. The van der Waals surface area contributed by atoms with Gasteiger partial charge in [-0.3, -0.25) is 4.66 Å². The smallest absolute Gasteiger partial charge is 1.00 e. The summed E-state index contributed by atoms with van der Waals surface area (Å²) in [6, 6.07) is 0. The van der Waals surface area contributed by atoms with Crippen LogP contribution in [0.2, 0.25) is 0 Å². The van der Waals surface area contributed by atoms with Gasteiger partial charge in [-0.1, -0.05) is 0 Å². The fourth-order valence-corrected chi connectivity index (χ4v) is 0. The molecule has 0 atom stereocenters. The molecule has 3 nitrogen and oxygen atoms in total. The van der Waals surface area contributed by atoms with Crippen LogP contribution in [0.3, 0.4) is 0 Å². The number of hydrogen-bond acceptors (Lipinski definition) is 3. The Kier molecular flexibility index (Phi) is 104. The largest absolute Gasteiger partial charge is 2.00 e. The van der Waals surface area contributed by atoms with Gasteiger partial charge in [-0.05, 0) is 0 Å². The van der Waals surface area contributed by atoms with Crippen molar-refractivity contribution in [3.63, 3.8) is 0 Å². The van der Waals surface area contributed by atoms with Crippen molar-refractivity contribution in [1.82, 2.24) is 0 Å². The first-order valence-electron chi connectivity index (χ1n) is 0.577. The Labute approximate surface area is 72.4 Å². The molecule has 0 aliphatic carbocycles. The summed E-state index contributed by atoms with van der Waals surface area (Å²) in [6.07, 6.45) is 0.250. The van der Waals surface area contributed by atoms with Gasteiger partial charge in [-0.25, -0.2) is 0 Å². The van der Waals surface area contributed by atoms with Crippen molar-refractivity contribution in [2.24, 2.45) is 0 Å². The van der Waals surface area contributed by atoms with Crippen LogP contribution in [0.1, 0.15) is 2.85 Å². The molecular weight excluding hydrogens is 136 g/mol. The van der Waals surface area contributed by atoms with E-state index in [2.05, 4.69) is 11.9 Å². The second-order valence-electron chi connectivity index (χ2n) is 0.0833. The summed E-state index contributed by atoms with van der Waals surface area (Å²) in [5, 5.41) is 0. The zero-order valence-electron chi connectivity index (χ0n) is 4.85. The van der Waals surface area contributed by atoms with Crippen LogP contribution in [0.4, 0.5) is 0 Å². The molecule has 0 aliphatic heterocycles. The molecule has 5 heteroatoms. The van der Waals surface area contributed by atoms with Crippen LogP contribution >= 0.6 is 11.9 Å². The summed E-state index contributed by atoms with van der Waals surface area (Å²) in [4.78, 5) is 16.2. The van der Waals surface area contributed by atoms with Crippen molar-refractivity contribution >= 4 is 55.8 Å². The summed E-state index contributed by atoms with van der Waals surface area (Å²) < 4.78 is 6.47. The second-order valence-corrected chi connectivity index (χ2v) is 0.0833. The van der Waals surface area contributed by atoms with Gasteiger partial charge < -0.3 is 2.85 Å². The first kappa shape index (κ1) is 15.8. The zero-order valence-corrected chi connectivity index (χ0v) is 5.81. The van der Waals surface area contributed by atoms with Gasteiger partial charge in [0.25, 0.3) is 0 Å². The van der Waals surface area contributed by atoms with Crippen molar-refractivity contribution in [3.8, 4) is 0 Å². The Morgan fingerprint density at radius 2 is 1.50 bits per heavy atom. The molecule has 0 aromatic rings. The van der Waals surface area contributed by atoms with E-state index >= 15 is 0 Å². The third kappa shape index (κ3) is 93.5. The Morgan fingerprint density at radius 1 is 1.50 bits per heavy atom. The minimum atomic E-state index is 0. The molecule has 0 aliphatic rings. The molecular formula is CH3CaClO3. The number of carbonyl (C=O) groups excluding carboxylic acids is 2. The van der Waals surface area contributed by atoms with Crippen LogP contribution in [0.15, 0.2) is 0 Å². The summed E-state index contributed by atoms with van der Waals surface area (Å²) >= 11 is 3.64. The van der Waals surface area contributed by atoms with Crippen LogP contribution in [-0.4, -0.2) is 48.5 Å². The Balaban J connectivity index is -0.00000000567. The molecule has 0 saturated carbocycles. The molecule has 0 aromatic heterocycles. The number of rotatable bonds is 0. The SMILES string of the molecule is O=C=O.OCl.[Ca+2].[H-].[H-]. The maximum absolute atomic E-state index is 8.12. The van der Waals surface area contributed by atoms with Gasteiger partial charge in [0.1, 0.15) is 0 Å². The summed E-state index contributed by atoms with van der Waals surface area (Å²) in [5.74, 6) is 0. The van der Waals surface area contributed by atoms with E-state index in [1.54, 1.807) is 0 Å². The molecule has 1 N–H and O–H groups in total. The van der Waals surface area contributed by atoms with Crippen molar-refractivity contribution in [1.29, 1.82) is 0 Å². The molecule has 0 fully saturated rings. The van der Waals surface area contributed by atoms with E-state index in [-0.39, 0.29) is 46.7 Å². The van der Waals surface area contributed by atoms with E-state index < -0.39 is 0 Å². The molecule has 0 bridgehead atoms. The van der Waals surface area contributed by atoms with Crippen LogP contribution in [0, 0.1) is 0 Å². The zero-order chi connectivity index (χ0) is 4.71. The topological polar surface area (TPSA) is 54.4 Å². The van der Waals surface area contributed by atoms with E-state index in [0.29, 0.717) is 0 Å². The molecule has 0 rings (SSSR count). The van der Waals surface area contributed by atoms with Crippen LogP contribution in [0.5, 0.6) is 0 Å². The molecule has 0 aromatic carbocycles. The Bertz CT molecular complexity index is 38.3. The van der Waals surface area contributed by atoms with Crippen molar-refractivity contribution in [3.05, 3.63) is 0 Å². The molecule has 0 radical (unpaired) electrons. The van der Waals surface area contributed by atoms with Crippen LogP contribution in [-0.2, 0) is 9.59 Å². The average molecular weight is 139 g/mol. The molecule has 6 heavy (non-hydrogen) atoms. The van der Waals surface area contributed by atoms with E-state index in [1.807, 2.05) is 0 Å². The summed E-state index contributed by atoms with van der Waals surface area (Å²) in [7, 11) is 0. The fourth-order valence-electron chi connectivity index (χ4n) is 0. The standard InChI is InChI=1S/CO2.Ca.ClHO.2H/c2-1-3;;1-2;;/h;;2H;;/q;+2;;2*-1. The summed E-state index contributed by atoms with van der Waals surface area (Å²) in [6.45, 7) is 0. The first-order valence-corrected chi connectivity index (χ1v) is 0.915. The van der Waals surface area contributed by atoms with Gasteiger partial charge in [0.05, 0.1) is 11.9 Å². The minimum Gasteiger partial charge on any atom is -1.00 e. The van der Waals surface area contributed by atoms with E-state index in [0.717, 1.165) is 0 Å². The second kappa shape index (κ2) is 39.4. The van der Waals surface area contributed by atoms with Crippen molar-refractivity contribution in [2.75, 3.05) is 0 Å². The minimum absolute atomic E-state index is 0. The molecule has 0 amide bonds. The molecule has 0 saturated heterocycles. The van der Waals surface area contributed by atoms with Gasteiger partial charge in [-0.15, -0.1) is 0 Å². The Hall–Kier alpha value is 0.890. The number of halogens is 1. The number of hydrogen-bond donors (Lipinski definition) is 1. The van der Waals surface area contributed by atoms with Crippen molar-refractivity contribution < 1.29 is 17.1 Å². The van der Waals surface area contributed by atoms with Gasteiger partial charge in [0.15, 0.2) is 0 Å². The maximum Gasteiger partial charge on any atom is 2.00 e. The molecule has 34 valence electrons. The van der Waals surface area contributed by atoms with Gasteiger partial charge in [0, 0.05) is 0 Å². The van der Waals surface area contributed by atoms with Gasteiger partial charge >= 0.3 is 43.9 Å². The third-order valence-electron chi connectivity index (χ3n) is 0. The molecule has 0 spiro atoms. The van der Waals surface area contributed by atoms with Gasteiger partial charge in [0.2, 0.25) is 0 Å². The quantitative estimate of drug-likeness (QED) is 0.455. The van der Waals surface area contributed by atoms with E-state index in [1.165, 1.54) is 0 Å². The van der Waals surface area contributed by atoms with Crippen LogP contribution < -0.4 is 0 Å². The average Bonchev–Trinajstić information content (AvgIpc) is 1.46. The van der Waals surface area contributed by atoms with Crippen LogP contribution in [0.25, 0.3) is 0 Å². The third-order valence-corrected chi connectivity index (χ3v) is 0. The van der Waals surface area contributed by atoms with E-state index in [4.69, 9.17) is 14.2 Å². The maximum atomic E-state index is 8.12. The normalized spacial score (nSPS) is 2.33. The first-order chi connectivity index (χ1) is 2.41. The van der Waals surface area contributed by atoms with E-state index in [9.17, 15) is 0 Å². The molecule has 0 unspecified atom stereocenters.